The molecule has 1 aromatic heterocycles. The number of halogens is 1. The van der Waals surface area contributed by atoms with E-state index in [1.165, 1.54) is 16.8 Å². The molecule has 0 saturated carbocycles. The third-order valence-corrected chi connectivity index (χ3v) is 3.92. The van der Waals surface area contributed by atoms with Gasteiger partial charge in [-0.05, 0) is 42.8 Å². The molecule has 0 fully saturated rings. The minimum Gasteiger partial charge on any atom is -0.404 e. The third-order valence-electron chi connectivity index (χ3n) is 3.67. The molecule has 132 valence electrons. The predicted molar refractivity (Wildman–Crippen MR) is 96.0 cm³/mol. The van der Waals surface area contributed by atoms with Crippen molar-refractivity contribution in [2.75, 3.05) is 0 Å². The van der Waals surface area contributed by atoms with Crippen molar-refractivity contribution in [2.45, 2.75) is 13.3 Å². The Morgan fingerprint density at radius 1 is 1.19 bits per heavy atom. The Labute approximate surface area is 153 Å². The lowest BCUT2D eigenvalue weighted by Gasteiger charge is -2.08. The van der Waals surface area contributed by atoms with Crippen molar-refractivity contribution in [3.63, 3.8) is 0 Å². The molecule has 1 heterocycles. The third kappa shape index (κ3) is 3.73. The highest BCUT2D eigenvalue weighted by Crippen LogP contribution is 2.23. The second kappa shape index (κ2) is 7.37. The molecule has 0 saturated heterocycles. The first kappa shape index (κ1) is 17.6. The Kier molecular flexibility index (Phi) is 4.99. The van der Waals surface area contributed by atoms with Crippen molar-refractivity contribution in [3.8, 4) is 11.6 Å². The number of hydrogen-bond acceptors (Lipinski definition) is 5. The van der Waals surface area contributed by atoms with E-state index < -0.39 is 10.9 Å². The molecule has 0 unspecified atom stereocenters. The summed E-state index contributed by atoms with van der Waals surface area (Å²) in [6.07, 6.45) is 0.644. The van der Waals surface area contributed by atoms with Gasteiger partial charge in [0.25, 0.3) is 5.69 Å². The molecule has 26 heavy (non-hydrogen) atoms. The zero-order valence-electron chi connectivity index (χ0n) is 13.8. The molecule has 3 rings (SSSR count). The number of carbonyl (C=O) groups excluding carboxylic acids is 1. The second-order valence-electron chi connectivity index (χ2n) is 5.41. The Balaban J connectivity index is 1.92. The number of aryl methyl sites for hydroxylation is 1. The van der Waals surface area contributed by atoms with Crippen LogP contribution in [-0.2, 0) is 6.42 Å². The highest BCUT2D eigenvalue weighted by Gasteiger charge is 2.16. The van der Waals surface area contributed by atoms with Gasteiger partial charge in [-0.3, -0.25) is 10.1 Å². The van der Waals surface area contributed by atoms with Gasteiger partial charge in [0.05, 0.1) is 21.9 Å². The van der Waals surface area contributed by atoms with Gasteiger partial charge in [0.2, 0.25) is 5.88 Å². The molecule has 0 aliphatic carbocycles. The summed E-state index contributed by atoms with van der Waals surface area (Å²) in [5.74, 6) is -0.317. The van der Waals surface area contributed by atoms with Crippen molar-refractivity contribution in [1.82, 2.24) is 9.78 Å². The summed E-state index contributed by atoms with van der Waals surface area (Å²) in [6.45, 7) is 1.92. The van der Waals surface area contributed by atoms with Gasteiger partial charge >= 0.3 is 5.97 Å². The molecule has 0 atom stereocenters. The van der Waals surface area contributed by atoms with E-state index in [-0.39, 0.29) is 11.6 Å². The predicted octanol–water partition coefficient (Wildman–Crippen LogP) is 4.22. The van der Waals surface area contributed by atoms with Gasteiger partial charge in [-0.1, -0.05) is 18.5 Å². The number of nitro groups is 1. The quantitative estimate of drug-likeness (QED) is 0.380. The fraction of sp³-hybridized carbons (Fsp3) is 0.111. The van der Waals surface area contributed by atoms with E-state index in [4.69, 9.17) is 16.3 Å². The molecular formula is C18H14ClN3O4. The van der Waals surface area contributed by atoms with Gasteiger partial charge in [-0.15, -0.1) is 0 Å². The zero-order chi connectivity index (χ0) is 18.7. The summed E-state index contributed by atoms with van der Waals surface area (Å²) in [5, 5.41) is 15.7. The van der Waals surface area contributed by atoms with Gasteiger partial charge in [0.15, 0.2) is 0 Å². The SMILES string of the molecule is CCc1cc(OC(=O)c2ccc(Cl)cc2)n(-c2ccc([N+](=O)[O-])cc2)n1. The molecule has 0 aliphatic rings. The number of non-ortho nitro benzene ring substituents is 1. The van der Waals surface area contributed by atoms with Crippen molar-refractivity contribution >= 4 is 23.3 Å². The Morgan fingerprint density at radius 3 is 2.42 bits per heavy atom. The number of hydrogen-bond donors (Lipinski definition) is 0. The molecule has 0 spiro atoms. The molecule has 0 N–H and O–H groups in total. The van der Waals surface area contributed by atoms with Crippen LogP contribution in [0, 0.1) is 10.1 Å². The van der Waals surface area contributed by atoms with Crippen LogP contribution >= 0.6 is 11.6 Å². The lowest BCUT2D eigenvalue weighted by Crippen LogP contribution is -2.11. The molecule has 3 aromatic rings. The Morgan fingerprint density at radius 2 is 1.85 bits per heavy atom. The number of ether oxygens (including phenoxy) is 1. The summed E-state index contributed by atoms with van der Waals surface area (Å²) in [5.41, 5.74) is 1.59. The van der Waals surface area contributed by atoms with Crippen LogP contribution in [0.5, 0.6) is 5.88 Å². The van der Waals surface area contributed by atoms with E-state index in [2.05, 4.69) is 5.10 Å². The van der Waals surface area contributed by atoms with Crippen molar-refractivity contribution in [3.05, 3.63) is 81.0 Å². The summed E-state index contributed by atoms with van der Waals surface area (Å²) in [6, 6.07) is 13.8. The summed E-state index contributed by atoms with van der Waals surface area (Å²) in [4.78, 5) is 22.7. The lowest BCUT2D eigenvalue weighted by molar-refractivity contribution is -0.384. The van der Waals surface area contributed by atoms with E-state index in [1.54, 1.807) is 42.5 Å². The fourth-order valence-electron chi connectivity index (χ4n) is 2.30. The number of esters is 1. The molecule has 0 aliphatic heterocycles. The summed E-state index contributed by atoms with van der Waals surface area (Å²) in [7, 11) is 0. The standard InChI is InChI=1S/C18H14ClN3O4/c1-2-14-11-17(26-18(23)12-3-5-13(19)6-4-12)21(20-14)15-7-9-16(10-8-15)22(24)25/h3-11H,2H2,1H3. The second-order valence-corrected chi connectivity index (χ2v) is 5.85. The topological polar surface area (TPSA) is 87.3 Å². The lowest BCUT2D eigenvalue weighted by atomic mass is 10.2. The average Bonchev–Trinajstić information content (AvgIpc) is 3.05. The van der Waals surface area contributed by atoms with Gasteiger partial charge in [0, 0.05) is 23.2 Å². The molecular weight excluding hydrogens is 358 g/mol. The van der Waals surface area contributed by atoms with Crippen LogP contribution in [0.3, 0.4) is 0 Å². The van der Waals surface area contributed by atoms with E-state index in [0.29, 0.717) is 22.7 Å². The van der Waals surface area contributed by atoms with E-state index in [0.717, 1.165) is 5.69 Å². The monoisotopic (exact) mass is 371 g/mol. The van der Waals surface area contributed by atoms with Crippen LogP contribution < -0.4 is 4.74 Å². The number of rotatable bonds is 5. The van der Waals surface area contributed by atoms with Crippen molar-refractivity contribution in [1.29, 1.82) is 0 Å². The smallest absolute Gasteiger partial charge is 0.344 e. The van der Waals surface area contributed by atoms with Crippen LogP contribution in [0.4, 0.5) is 5.69 Å². The highest BCUT2D eigenvalue weighted by atomic mass is 35.5. The van der Waals surface area contributed by atoms with Crippen LogP contribution in [0.1, 0.15) is 23.0 Å². The molecule has 0 bridgehead atoms. The Hall–Kier alpha value is -3.19. The highest BCUT2D eigenvalue weighted by molar-refractivity contribution is 6.30. The first-order chi connectivity index (χ1) is 12.5. The largest absolute Gasteiger partial charge is 0.404 e. The van der Waals surface area contributed by atoms with Crippen LogP contribution in [-0.4, -0.2) is 20.7 Å². The van der Waals surface area contributed by atoms with E-state index in [1.807, 2.05) is 6.92 Å². The number of nitrogens with zero attached hydrogens (tertiary/aromatic N) is 3. The number of nitro benzene ring substituents is 1. The molecule has 8 heteroatoms. The number of carbonyl (C=O) groups is 1. The van der Waals surface area contributed by atoms with E-state index in [9.17, 15) is 14.9 Å². The Bertz CT molecular complexity index is 950. The van der Waals surface area contributed by atoms with Crippen LogP contribution in [0.2, 0.25) is 5.02 Å². The summed E-state index contributed by atoms with van der Waals surface area (Å²) < 4.78 is 6.91. The zero-order valence-corrected chi connectivity index (χ0v) is 14.5. The minimum absolute atomic E-state index is 0.0312. The normalized spacial score (nSPS) is 10.5. The first-order valence-electron chi connectivity index (χ1n) is 7.79. The van der Waals surface area contributed by atoms with Gasteiger partial charge < -0.3 is 4.74 Å². The average molecular weight is 372 g/mol. The fourth-order valence-corrected chi connectivity index (χ4v) is 2.42. The first-order valence-corrected chi connectivity index (χ1v) is 8.17. The molecule has 0 radical (unpaired) electrons. The maximum absolute atomic E-state index is 12.4. The van der Waals surface area contributed by atoms with Crippen molar-refractivity contribution < 1.29 is 14.5 Å². The van der Waals surface area contributed by atoms with Gasteiger partial charge in [-0.25, -0.2) is 9.48 Å². The molecule has 0 amide bonds. The summed E-state index contributed by atoms with van der Waals surface area (Å²) >= 11 is 5.82. The molecule has 7 nitrogen and oxygen atoms in total. The molecule has 2 aromatic carbocycles. The van der Waals surface area contributed by atoms with Crippen LogP contribution in [0.25, 0.3) is 5.69 Å². The van der Waals surface area contributed by atoms with Gasteiger partial charge in [0.1, 0.15) is 0 Å². The van der Waals surface area contributed by atoms with Gasteiger partial charge in [-0.2, -0.15) is 5.10 Å². The number of aromatic nitrogens is 2. The maximum Gasteiger partial charge on any atom is 0.344 e. The van der Waals surface area contributed by atoms with Crippen LogP contribution in [0.15, 0.2) is 54.6 Å². The minimum atomic E-state index is -0.549. The van der Waals surface area contributed by atoms with E-state index >= 15 is 0 Å². The number of benzene rings is 2. The van der Waals surface area contributed by atoms with Crippen molar-refractivity contribution in [2.24, 2.45) is 0 Å². The maximum atomic E-state index is 12.4.